The van der Waals surface area contributed by atoms with E-state index in [1.807, 2.05) is 13.8 Å². The molecule has 0 radical (unpaired) electrons. The Morgan fingerprint density at radius 3 is 1.97 bits per heavy atom. The lowest BCUT2D eigenvalue weighted by atomic mass is 10.1. The largest absolute Gasteiger partial charge is 0.450 e. The van der Waals surface area contributed by atoms with Crippen molar-refractivity contribution >= 4 is 23.8 Å². The van der Waals surface area contributed by atoms with Crippen molar-refractivity contribution in [2.75, 3.05) is 26.2 Å². The van der Waals surface area contributed by atoms with Crippen LogP contribution >= 0.6 is 0 Å². The third-order valence-electron chi connectivity index (χ3n) is 3.94. The quantitative estimate of drug-likeness (QED) is 0.446. The van der Waals surface area contributed by atoms with Gasteiger partial charge in [-0.05, 0) is 25.7 Å². The molecule has 9 heteroatoms. The first-order chi connectivity index (χ1) is 13.6. The first kappa shape index (κ1) is 28.9. The predicted molar refractivity (Wildman–Crippen MR) is 113 cm³/mol. The number of nitrogens with two attached hydrogens (primary N) is 1. The predicted octanol–water partition coefficient (Wildman–Crippen LogP) is 1.79. The summed E-state index contributed by atoms with van der Waals surface area (Å²) in [6.45, 7) is 12.1. The van der Waals surface area contributed by atoms with Gasteiger partial charge in [-0.25, -0.2) is 4.79 Å². The highest BCUT2D eigenvalue weighted by Crippen LogP contribution is 2.09. The molecule has 4 amide bonds. The zero-order chi connectivity index (χ0) is 22.8. The van der Waals surface area contributed by atoms with Crippen LogP contribution < -0.4 is 16.4 Å². The summed E-state index contributed by atoms with van der Waals surface area (Å²) in [5.74, 6) is -0.600. The molecule has 0 fully saturated rings. The molecule has 0 heterocycles. The maximum absolute atomic E-state index is 12.4. The van der Waals surface area contributed by atoms with Crippen LogP contribution in [0.3, 0.4) is 0 Å². The second-order valence-electron chi connectivity index (χ2n) is 6.95. The number of ether oxygens (including phenoxy) is 1. The van der Waals surface area contributed by atoms with E-state index in [0.717, 1.165) is 5.92 Å². The Morgan fingerprint density at radius 2 is 1.55 bits per heavy atom. The van der Waals surface area contributed by atoms with Crippen LogP contribution in [0.1, 0.15) is 67.2 Å². The minimum Gasteiger partial charge on any atom is -0.450 e. The average Bonchev–Trinajstić information content (AvgIpc) is 2.67. The van der Waals surface area contributed by atoms with Gasteiger partial charge in [0, 0.05) is 6.54 Å². The first-order valence-corrected chi connectivity index (χ1v) is 10.4. The lowest BCUT2D eigenvalue weighted by molar-refractivity contribution is -0.140. The highest BCUT2D eigenvalue weighted by molar-refractivity contribution is 5.91. The zero-order valence-corrected chi connectivity index (χ0v) is 18.9. The van der Waals surface area contributed by atoms with Crippen molar-refractivity contribution in [3.05, 3.63) is 0 Å². The third-order valence-corrected chi connectivity index (χ3v) is 3.94. The standard InChI is InChI=1S/C15H28N4O5.C5H12/c1-4-7-11(14(22)17-9-12(16)20)19(8-5-2)13(21)10-18-15(23)24-6-3;1-4-5(2)3/h11H,4-10H2,1-3H3,(H2,16,20)(H,17,22)(H,18,23);5H,4H2,1-3H3. The van der Waals surface area contributed by atoms with Crippen LogP contribution in [0.5, 0.6) is 0 Å². The molecule has 0 aliphatic heterocycles. The van der Waals surface area contributed by atoms with E-state index in [1.165, 1.54) is 11.3 Å². The molecule has 0 aromatic heterocycles. The lowest BCUT2D eigenvalue weighted by Crippen LogP contribution is -2.53. The second kappa shape index (κ2) is 17.8. The van der Waals surface area contributed by atoms with Crippen LogP contribution in [0.2, 0.25) is 0 Å². The Balaban J connectivity index is 0. The number of hydrogen-bond acceptors (Lipinski definition) is 5. The molecule has 0 aromatic carbocycles. The molecule has 0 aliphatic rings. The molecule has 4 N–H and O–H groups in total. The van der Waals surface area contributed by atoms with E-state index in [-0.39, 0.29) is 19.7 Å². The second-order valence-corrected chi connectivity index (χ2v) is 6.95. The highest BCUT2D eigenvalue weighted by atomic mass is 16.5. The van der Waals surface area contributed by atoms with Crippen LogP contribution in [-0.4, -0.2) is 61.0 Å². The summed E-state index contributed by atoms with van der Waals surface area (Å²) in [6, 6.07) is -0.717. The van der Waals surface area contributed by atoms with Crippen molar-refractivity contribution in [3.8, 4) is 0 Å². The van der Waals surface area contributed by atoms with Crippen molar-refractivity contribution in [1.29, 1.82) is 0 Å². The molecule has 0 saturated heterocycles. The van der Waals surface area contributed by atoms with Crippen LogP contribution in [0, 0.1) is 5.92 Å². The Morgan fingerprint density at radius 1 is 0.966 bits per heavy atom. The summed E-state index contributed by atoms with van der Waals surface area (Å²) in [5, 5.41) is 4.78. The van der Waals surface area contributed by atoms with Gasteiger partial charge in [0.15, 0.2) is 0 Å². The number of alkyl carbamates (subject to hydrolysis) is 1. The van der Waals surface area contributed by atoms with Gasteiger partial charge in [-0.3, -0.25) is 14.4 Å². The Labute approximate surface area is 175 Å². The molecule has 1 unspecified atom stereocenters. The van der Waals surface area contributed by atoms with Crippen LogP contribution in [0.4, 0.5) is 4.79 Å². The Kier molecular flexibility index (Phi) is 17.7. The summed E-state index contributed by atoms with van der Waals surface area (Å²) < 4.78 is 4.70. The fourth-order valence-corrected chi connectivity index (χ4v) is 2.12. The first-order valence-electron chi connectivity index (χ1n) is 10.4. The fourth-order valence-electron chi connectivity index (χ4n) is 2.12. The van der Waals surface area contributed by atoms with Gasteiger partial charge >= 0.3 is 6.09 Å². The number of amides is 4. The van der Waals surface area contributed by atoms with E-state index >= 15 is 0 Å². The minimum atomic E-state index is -0.717. The number of carbonyl (C=O) groups excluding carboxylic acids is 4. The maximum Gasteiger partial charge on any atom is 0.407 e. The van der Waals surface area contributed by atoms with E-state index in [0.29, 0.717) is 25.8 Å². The number of hydrogen-bond donors (Lipinski definition) is 3. The van der Waals surface area contributed by atoms with Crippen molar-refractivity contribution in [3.63, 3.8) is 0 Å². The molecule has 1 atom stereocenters. The Hall–Kier alpha value is -2.32. The van der Waals surface area contributed by atoms with E-state index in [4.69, 9.17) is 10.5 Å². The SMILES string of the molecule is CCC(C)C.CCCC(C(=O)NCC(N)=O)N(CCC)C(=O)CNC(=O)OCC. The molecule has 9 nitrogen and oxygen atoms in total. The van der Waals surface area contributed by atoms with Crippen LogP contribution in [0.15, 0.2) is 0 Å². The molecule has 0 aliphatic carbocycles. The van der Waals surface area contributed by atoms with Gasteiger partial charge in [-0.1, -0.05) is 47.5 Å². The lowest BCUT2D eigenvalue weighted by Gasteiger charge is -2.30. The molecular formula is C20H40N4O5. The number of rotatable bonds is 12. The number of nitrogens with zero attached hydrogens (tertiary/aromatic N) is 1. The zero-order valence-electron chi connectivity index (χ0n) is 18.9. The molecule has 0 spiro atoms. The van der Waals surface area contributed by atoms with E-state index in [9.17, 15) is 19.2 Å². The molecule has 0 aromatic rings. The Bertz CT molecular complexity index is 497. The molecule has 0 bridgehead atoms. The van der Waals surface area contributed by atoms with Gasteiger partial charge in [0.1, 0.15) is 12.6 Å². The molecule has 29 heavy (non-hydrogen) atoms. The molecule has 0 saturated carbocycles. The smallest absolute Gasteiger partial charge is 0.407 e. The van der Waals surface area contributed by atoms with Gasteiger partial charge in [-0.2, -0.15) is 0 Å². The monoisotopic (exact) mass is 416 g/mol. The van der Waals surface area contributed by atoms with Gasteiger partial charge in [0.25, 0.3) is 0 Å². The van der Waals surface area contributed by atoms with Crippen LogP contribution in [0.25, 0.3) is 0 Å². The number of carbonyl (C=O) groups is 4. The fraction of sp³-hybridized carbons (Fsp3) is 0.800. The van der Waals surface area contributed by atoms with E-state index in [2.05, 4.69) is 31.4 Å². The van der Waals surface area contributed by atoms with Crippen molar-refractivity contribution < 1.29 is 23.9 Å². The summed E-state index contributed by atoms with van der Waals surface area (Å²) >= 11 is 0. The van der Waals surface area contributed by atoms with Crippen LogP contribution in [-0.2, 0) is 19.1 Å². The summed E-state index contributed by atoms with van der Waals surface area (Å²) in [5.41, 5.74) is 5.02. The van der Waals surface area contributed by atoms with Crippen molar-refractivity contribution in [1.82, 2.24) is 15.5 Å². The molecular weight excluding hydrogens is 376 g/mol. The normalized spacial score (nSPS) is 11.0. The average molecular weight is 417 g/mol. The highest BCUT2D eigenvalue weighted by Gasteiger charge is 2.28. The van der Waals surface area contributed by atoms with Crippen molar-refractivity contribution in [2.45, 2.75) is 73.3 Å². The van der Waals surface area contributed by atoms with E-state index in [1.54, 1.807) is 6.92 Å². The minimum absolute atomic E-state index is 0.201. The van der Waals surface area contributed by atoms with Gasteiger partial charge in [0.05, 0.1) is 13.2 Å². The summed E-state index contributed by atoms with van der Waals surface area (Å²) in [7, 11) is 0. The topological polar surface area (TPSA) is 131 Å². The van der Waals surface area contributed by atoms with Gasteiger partial charge in [-0.15, -0.1) is 0 Å². The third kappa shape index (κ3) is 15.3. The summed E-state index contributed by atoms with van der Waals surface area (Å²) in [4.78, 5) is 48.2. The number of nitrogens with one attached hydrogen (secondary N) is 2. The summed E-state index contributed by atoms with van der Waals surface area (Å²) in [6.07, 6.45) is 2.38. The maximum atomic E-state index is 12.4. The molecule has 0 rings (SSSR count). The van der Waals surface area contributed by atoms with Gasteiger partial charge in [0.2, 0.25) is 17.7 Å². The van der Waals surface area contributed by atoms with Gasteiger partial charge < -0.3 is 26.0 Å². The molecule has 170 valence electrons. The van der Waals surface area contributed by atoms with E-state index < -0.39 is 29.9 Å². The number of primary amides is 1. The van der Waals surface area contributed by atoms with Crippen molar-refractivity contribution in [2.24, 2.45) is 11.7 Å².